The number of benzene rings is 1. The van der Waals surface area contributed by atoms with E-state index in [9.17, 15) is 4.39 Å². The van der Waals surface area contributed by atoms with Crippen molar-refractivity contribution in [2.45, 2.75) is 26.8 Å². The molecule has 0 unspecified atom stereocenters. The van der Waals surface area contributed by atoms with Gasteiger partial charge in [-0.3, -0.25) is 0 Å². The van der Waals surface area contributed by atoms with Gasteiger partial charge in [0.05, 0.1) is 18.3 Å². The van der Waals surface area contributed by atoms with E-state index >= 15 is 0 Å². The van der Waals surface area contributed by atoms with Crippen LogP contribution in [0.25, 0.3) is 11.3 Å². The summed E-state index contributed by atoms with van der Waals surface area (Å²) in [5.74, 6) is 0.811. The Morgan fingerprint density at radius 1 is 1.39 bits per heavy atom. The third-order valence-electron chi connectivity index (χ3n) is 2.71. The number of hydrogen-bond donors (Lipinski definition) is 1. The molecule has 0 aliphatic carbocycles. The summed E-state index contributed by atoms with van der Waals surface area (Å²) in [4.78, 5) is 4.14. The third kappa shape index (κ3) is 2.76. The summed E-state index contributed by atoms with van der Waals surface area (Å²) >= 11 is 0. The summed E-state index contributed by atoms with van der Waals surface area (Å²) in [6.07, 6.45) is 2.63. The number of aryl methyl sites for hydroxylation is 1. The van der Waals surface area contributed by atoms with E-state index < -0.39 is 0 Å². The van der Waals surface area contributed by atoms with Crippen molar-refractivity contribution in [1.82, 2.24) is 10.3 Å². The molecule has 0 spiro atoms. The Labute approximate surface area is 106 Å². The molecule has 0 atom stereocenters. The number of nitrogens with zero attached hydrogens (tertiary/aromatic N) is 1. The van der Waals surface area contributed by atoms with Crippen molar-refractivity contribution in [3.05, 3.63) is 41.7 Å². The fourth-order valence-corrected chi connectivity index (χ4v) is 1.73. The minimum Gasteiger partial charge on any atom is -0.439 e. The molecule has 1 aromatic carbocycles. The number of halogens is 1. The summed E-state index contributed by atoms with van der Waals surface area (Å²) in [5, 5.41) is 3.19. The number of hydrogen-bond acceptors (Lipinski definition) is 3. The molecular formula is C14H17FN2O. The molecule has 1 heterocycles. The Bertz CT molecular complexity index is 522. The average Bonchev–Trinajstić information content (AvgIpc) is 2.82. The monoisotopic (exact) mass is 248 g/mol. The lowest BCUT2D eigenvalue weighted by atomic mass is 10.1. The molecule has 1 N–H and O–H groups in total. The molecular weight excluding hydrogens is 231 g/mol. The molecule has 0 amide bonds. The van der Waals surface area contributed by atoms with Crippen molar-refractivity contribution in [1.29, 1.82) is 0 Å². The van der Waals surface area contributed by atoms with Gasteiger partial charge in [0, 0.05) is 0 Å². The van der Waals surface area contributed by atoms with Crippen molar-refractivity contribution >= 4 is 0 Å². The highest BCUT2D eigenvalue weighted by atomic mass is 19.1. The molecule has 0 saturated carbocycles. The SMILES string of the molecule is CCCNCc1ncc(-c2cccc(C)c2F)o1. The second-order valence-corrected chi connectivity index (χ2v) is 4.23. The summed E-state index contributed by atoms with van der Waals surface area (Å²) in [7, 11) is 0. The van der Waals surface area contributed by atoms with Crippen molar-refractivity contribution in [2.24, 2.45) is 0 Å². The van der Waals surface area contributed by atoms with Crippen LogP contribution in [0.3, 0.4) is 0 Å². The third-order valence-corrected chi connectivity index (χ3v) is 2.71. The van der Waals surface area contributed by atoms with Crippen molar-refractivity contribution < 1.29 is 8.81 Å². The van der Waals surface area contributed by atoms with Gasteiger partial charge in [0.1, 0.15) is 5.82 Å². The number of oxazole rings is 1. The fraction of sp³-hybridized carbons (Fsp3) is 0.357. The Morgan fingerprint density at radius 3 is 3.00 bits per heavy atom. The molecule has 0 bridgehead atoms. The van der Waals surface area contributed by atoms with Crippen molar-refractivity contribution in [3.63, 3.8) is 0 Å². The van der Waals surface area contributed by atoms with Crippen molar-refractivity contribution in [3.8, 4) is 11.3 Å². The van der Waals surface area contributed by atoms with Gasteiger partial charge in [-0.1, -0.05) is 19.1 Å². The topological polar surface area (TPSA) is 38.1 Å². The molecule has 3 nitrogen and oxygen atoms in total. The molecule has 4 heteroatoms. The van der Waals surface area contributed by atoms with E-state index in [4.69, 9.17) is 4.42 Å². The summed E-state index contributed by atoms with van der Waals surface area (Å²) in [6, 6.07) is 5.25. The molecule has 0 fully saturated rings. The van der Waals surface area contributed by atoms with Crippen LogP contribution in [0.5, 0.6) is 0 Å². The second-order valence-electron chi connectivity index (χ2n) is 4.23. The maximum Gasteiger partial charge on any atom is 0.208 e. The van der Waals surface area contributed by atoms with Crippen LogP contribution in [0.1, 0.15) is 24.8 Å². The highest BCUT2D eigenvalue weighted by Crippen LogP contribution is 2.25. The summed E-state index contributed by atoms with van der Waals surface area (Å²) in [6.45, 7) is 5.31. The van der Waals surface area contributed by atoms with Crippen LogP contribution in [0.4, 0.5) is 4.39 Å². The van der Waals surface area contributed by atoms with Gasteiger partial charge in [0.25, 0.3) is 0 Å². The smallest absolute Gasteiger partial charge is 0.208 e. The van der Waals surface area contributed by atoms with Crippen molar-refractivity contribution in [2.75, 3.05) is 6.54 Å². The van der Waals surface area contributed by atoms with Crippen LogP contribution in [-0.2, 0) is 6.54 Å². The van der Waals surface area contributed by atoms with Crippen LogP contribution >= 0.6 is 0 Å². The number of nitrogens with one attached hydrogen (secondary N) is 1. The lowest BCUT2D eigenvalue weighted by Crippen LogP contribution is -2.13. The Balaban J connectivity index is 2.16. The lowest BCUT2D eigenvalue weighted by Gasteiger charge is -2.01. The van der Waals surface area contributed by atoms with E-state index in [1.807, 2.05) is 6.07 Å². The highest BCUT2D eigenvalue weighted by molar-refractivity contribution is 5.58. The van der Waals surface area contributed by atoms with E-state index in [1.54, 1.807) is 25.3 Å². The fourth-order valence-electron chi connectivity index (χ4n) is 1.73. The molecule has 1 aromatic heterocycles. The lowest BCUT2D eigenvalue weighted by molar-refractivity contribution is 0.475. The largest absolute Gasteiger partial charge is 0.439 e. The number of rotatable bonds is 5. The minimum absolute atomic E-state index is 0.248. The first-order valence-corrected chi connectivity index (χ1v) is 6.13. The van der Waals surface area contributed by atoms with Gasteiger partial charge in [-0.25, -0.2) is 9.37 Å². The molecule has 0 aliphatic heterocycles. The molecule has 96 valence electrons. The highest BCUT2D eigenvalue weighted by Gasteiger charge is 2.11. The van der Waals surface area contributed by atoms with Crippen LogP contribution in [0, 0.1) is 12.7 Å². The first-order chi connectivity index (χ1) is 8.72. The summed E-state index contributed by atoms with van der Waals surface area (Å²) in [5.41, 5.74) is 1.07. The standard InChI is InChI=1S/C14H17FN2O/c1-3-7-16-9-13-17-8-12(18-13)11-6-4-5-10(2)14(11)15/h4-6,8,16H,3,7,9H2,1-2H3. The number of aromatic nitrogens is 1. The molecule has 0 saturated heterocycles. The van der Waals surface area contributed by atoms with E-state index in [0.717, 1.165) is 13.0 Å². The van der Waals surface area contributed by atoms with Gasteiger partial charge in [-0.2, -0.15) is 0 Å². The molecule has 0 radical (unpaired) electrons. The Kier molecular flexibility index (Phi) is 4.10. The van der Waals surface area contributed by atoms with Gasteiger partial charge in [-0.15, -0.1) is 0 Å². The average molecular weight is 248 g/mol. The van der Waals surface area contributed by atoms with E-state index in [1.165, 1.54) is 0 Å². The summed E-state index contributed by atoms with van der Waals surface area (Å²) < 4.78 is 19.4. The quantitative estimate of drug-likeness (QED) is 0.825. The molecule has 0 aliphatic rings. The first-order valence-electron chi connectivity index (χ1n) is 6.13. The van der Waals surface area contributed by atoms with Gasteiger partial charge in [0.15, 0.2) is 5.76 Å². The second kappa shape index (κ2) is 5.78. The van der Waals surface area contributed by atoms with E-state index in [-0.39, 0.29) is 5.82 Å². The van der Waals surface area contributed by atoms with Crippen LogP contribution in [0.2, 0.25) is 0 Å². The molecule has 2 rings (SSSR count). The van der Waals surface area contributed by atoms with Gasteiger partial charge < -0.3 is 9.73 Å². The predicted molar refractivity (Wildman–Crippen MR) is 68.6 cm³/mol. The Morgan fingerprint density at radius 2 is 2.22 bits per heavy atom. The Hall–Kier alpha value is -1.68. The van der Waals surface area contributed by atoms with Crippen LogP contribution in [-0.4, -0.2) is 11.5 Å². The maximum atomic E-state index is 13.9. The molecule has 2 aromatic rings. The first kappa shape index (κ1) is 12.8. The zero-order valence-corrected chi connectivity index (χ0v) is 10.7. The maximum absolute atomic E-state index is 13.9. The minimum atomic E-state index is -0.248. The van der Waals surface area contributed by atoms with Gasteiger partial charge >= 0.3 is 0 Å². The predicted octanol–water partition coefficient (Wildman–Crippen LogP) is 3.29. The van der Waals surface area contributed by atoms with E-state index in [2.05, 4.69) is 17.2 Å². The van der Waals surface area contributed by atoms with E-state index in [0.29, 0.717) is 29.3 Å². The molecule has 18 heavy (non-hydrogen) atoms. The van der Waals surface area contributed by atoms with Crippen LogP contribution in [0.15, 0.2) is 28.8 Å². The zero-order valence-electron chi connectivity index (χ0n) is 10.7. The van der Waals surface area contributed by atoms with Gasteiger partial charge in [-0.05, 0) is 31.5 Å². The zero-order chi connectivity index (χ0) is 13.0. The normalized spacial score (nSPS) is 10.8. The van der Waals surface area contributed by atoms with Crippen LogP contribution < -0.4 is 5.32 Å². The van der Waals surface area contributed by atoms with Gasteiger partial charge in [0.2, 0.25) is 5.89 Å².